The zero-order chi connectivity index (χ0) is 15.6. The molecule has 0 saturated carbocycles. The molecule has 2 N–H and O–H groups in total. The summed E-state index contributed by atoms with van der Waals surface area (Å²) in [6.45, 7) is 6.50. The highest BCUT2D eigenvalue weighted by atomic mass is 16.5. The molecule has 6 heteroatoms. The number of hydroxylamine groups is 1. The second kappa shape index (κ2) is 6.13. The first-order chi connectivity index (χ1) is 9.93. The lowest BCUT2D eigenvalue weighted by molar-refractivity contribution is -0.137. The van der Waals surface area contributed by atoms with Crippen molar-refractivity contribution in [3.63, 3.8) is 0 Å². The van der Waals surface area contributed by atoms with Crippen molar-refractivity contribution >= 4 is 11.8 Å². The second-order valence-electron chi connectivity index (χ2n) is 5.54. The van der Waals surface area contributed by atoms with Crippen LogP contribution in [0.4, 0.5) is 0 Å². The molecule has 1 heterocycles. The number of fused-ring (bicyclic) bond motifs is 1. The molecule has 2 rings (SSSR count). The number of amides is 2. The molecule has 0 aromatic heterocycles. The van der Waals surface area contributed by atoms with E-state index in [0.717, 1.165) is 5.56 Å². The maximum absolute atomic E-state index is 12.3. The number of benzene rings is 1. The van der Waals surface area contributed by atoms with Gasteiger partial charge in [0.2, 0.25) is 5.91 Å². The van der Waals surface area contributed by atoms with Gasteiger partial charge in [0, 0.05) is 23.6 Å². The molecule has 1 atom stereocenters. The largest absolute Gasteiger partial charge is 0.491 e. The van der Waals surface area contributed by atoms with Crippen molar-refractivity contribution in [2.24, 2.45) is 5.92 Å². The van der Waals surface area contributed by atoms with E-state index < -0.39 is 5.91 Å². The van der Waals surface area contributed by atoms with Gasteiger partial charge in [0.15, 0.2) is 0 Å². The third-order valence-electron chi connectivity index (χ3n) is 3.56. The summed E-state index contributed by atoms with van der Waals surface area (Å²) in [5, 5.41) is 8.67. The first-order valence-corrected chi connectivity index (χ1v) is 6.94. The third-order valence-corrected chi connectivity index (χ3v) is 3.56. The van der Waals surface area contributed by atoms with Crippen LogP contribution in [0.25, 0.3) is 0 Å². The normalized spacial score (nSPS) is 17.8. The summed E-state index contributed by atoms with van der Waals surface area (Å²) in [7, 11) is 0. The molecular weight excluding hydrogens is 272 g/mol. The van der Waals surface area contributed by atoms with Gasteiger partial charge in [-0.05, 0) is 19.1 Å². The first kappa shape index (κ1) is 15.3. The topological polar surface area (TPSA) is 78.9 Å². The van der Waals surface area contributed by atoms with E-state index in [-0.39, 0.29) is 17.9 Å². The monoisotopic (exact) mass is 292 g/mol. The predicted octanol–water partition coefficient (Wildman–Crippen LogP) is 1.57. The smallest absolute Gasteiger partial charge is 0.274 e. The lowest BCUT2D eigenvalue weighted by atomic mass is 10.1. The minimum atomic E-state index is -0.589. The molecule has 114 valence electrons. The molecule has 0 radical (unpaired) electrons. The highest BCUT2D eigenvalue weighted by Gasteiger charge is 2.27. The van der Waals surface area contributed by atoms with Crippen LogP contribution in [0.1, 0.15) is 36.7 Å². The molecule has 0 spiro atoms. The first-order valence-electron chi connectivity index (χ1n) is 6.94. The number of hydrogen-bond acceptors (Lipinski definition) is 4. The fourth-order valence-corrected chi connectivity index (χ4v) is 2.29. The average Bonchev–Trinajstić information content (AvgIpc) is 2.64. The average molecular weight is 292 g/mol. The standard InChI is InChI=1S/C15H20N2O4/c1-9(2)15(19)17-7-12-5-4-11(14(18)16-20)6-13(12)21-8-10(17)3/h4-6,9-10,20H,7-8H2,1-3H3,(H,16,18)/t10-/m0/s1. The van der Waals surface area contributed by atoms with Crippen LogP contribution in [-0.4, -0.2) is 34.6 Å². The van der Waals surface area contributed by atoms with Gasteiger partial charge in [-0.3, -0.25) is 14.8 Å². The SMILES string of the molecule is CC(C)C(=O)N1Cc2ccc(C(=O)NO)cc2OC[C@@H]1C. The minimum absolute atomic E-state index is 0.0394. The van der Waals surface area contributed by atoms with Crippen LogP contribution < -0.4 is 10.2 Å². The molecule has 0 bridgehead atoms. The fourth-order valence-electron chi connectivity index (χ4n) is 2.29. The van der Waals surface area contributed by atoms with Gasteiger partial charge in [0.05, 0.1) is 6.04 Å². The van der Waals surface area contributed by atoms with Gasteiger partial charge in [-0.25, -0.2) is 5.48 Å². The molecule has 1 aliphatic heterocycles. The number of carbonyl (C=O) groups excluding carboxylic acids is 2. The van der Waals surface area contributed by atoms with E-state index in [1.54, 1.807) is 28.6 Å². The van der Waals surface area contributed by atoms with Crippen LogP contribution in [0.15, 0.2) is 18.2 Å². The Balaban J connectivity index is 2.31. The van der Waals surface area contributed by atoms with Crippen molar-refractivity contribution in [3.05, 3.63) is 29.3 Å². The summed E-state index contributed by atoms with van der Waals surface area (Å²) in [4.78, 5) is 25.5. The van der Waals surface area contributed by atoms with Crippen molar-refractivity contribution in [2.45, 2.75) is 33.4 Å². The van der Waals surface area contributed by atoms with Crippen LogP contribution in [0.5, 0.6) is 5.75 Å². The summed E-state index contributed by atoms with van der Waals surface area (Å²) in [5.41, 5.74) is 2.76. The molecule has 0 saturated heterocycles. The maximum atomic E-state index is 12.3. The minimum Gasteiger partial charge on any atom is -0.491 e. The van der Waals surface area contributed by atoms with Crippen molar-refractivity contribution < 1.29 is 19.5 Å². The summed E-state index contributed by atoms with van der Waals surface area (Å²) in [5.74, 6) is -0.0135. The quantitative estimate of drug-likeness (QED) is 0.640. The van der Waals surface area contributed by atoms with E-state index in [2.05, 4.69) is 0 Å². The van der Waals surface area contributed by atoms with E-state index >= 15 is 0 Å². The second-order valence-corrected chi connectivity index (χ2v) is 5.54. The van der Waals surface area contributed by atoms with Crippen LogP contribution in [0.3, 0.4) is 0 Å². The Labute approximate surface area is 123 Å². The predicted molar refractivity (Wildman–Crippen MR) is 76.0 cm³/mol. The summed E-state index contributed by atoms with van der Waals surface area (Å²) in [6, 6.07) is 4.89. The molecular formula is C15H20N2O4. The van der Waals surface area contributed by atoms with E-state index in [1.807, 2.05) is 20.8 Å². The number of nitrogens with one attached hydrogen (secondary N) is 1. The number of hydrogen-bond donors (Lipinski definition) is 2. The number of rotatable bonds is 2. The summed E-state index contributed by atoms with van der Waals surface area (Å²) < 4.78 is 5.70. The van der Waals surface area contributed by atoms with Crippen LogP contribution in [0.2, 0.25) is 0 Å². The summed E-state index contributed by atoms with van der Waals surface area (Å²) in [6.07, 6.45) is 0. The molecule has 0 aliphatic carbocycles. The number of carbonyl (C=O) groups is 2. The Morgan fingerprint density at radius 2 is 2.14 bits per heavy atom. The Morgan fingerprint density at radius 1 is 1.43 bits per heavy atom. The third kappa shape index (κ3) is 3.16. The highest BCUT2D eigenvalue weighted by Crippen LogP contribution is 2.27. The van der Waals surface area contributed by atoms with Crippen LogP contribution >= 0.6 is 0 Å². The summed E-state index contributed by atoms with van der Waals surface area (Å²) >= 11 is 0. The highest BCUT2D eigenvalue weighted by molar-refractivity contribution is 5.93. The maximum Gasteiger partial charge on any atom is 0.274 e. The van der Waals surface area contributed by atoms with Gasteiger partial charge in [-0.1, -0.05) is 19.9 Å². The Hall–Kier alpha value is -2.08. The van der Waals surface area contributed by atoms with Gasteiger partial charge in [0.1, 0.15) is 12.4 Å². The van der Waals surface area contributed by atoms with Crippen molar-refractivity contribution in [3.8, 4) is 5.75 Å². The lowest BCUT2D eigenvalue weighted by Crippen LogP contribution is -2.41. The molecule has 2 amide bonds. The van der Waals surface area contributed by atoms with Gasteiger partial charge < -0.3 is 9.64 Å². The fraction of sp³-hybridized carbons (Fsp3) is 0.467. The molecule has 0 unspecified atom stereocenters. The molecule has 1 aromatic carbocycles. The number of ether oxygens (including phenoxy) is 1. The van der Waals surface area contributed by atoms with Gasteiger partial charge in [-0.2, -0.15) is 0 Å². The molecule has 21 heavy (non-hydrogen) atoms. The lowest BCUT2D eigenvalue weighted by Gasteiger charge is -2.28. The Morgan fingerprint density at radius 3 is 2.76 bits per heavy atom. The molecule has 0 fully saturated rings. The van der Waals surface area contributed by atoms with Gasteiger partial charge >= 0.3 is 0 Å². The van der Waals surface area contributed by atoms with Crippen LogP contribution in [-0.2, 0) is 11.3 Å². The zero-order valence-electron chi connectivity index (χ0n) is 12.4. The van der Waals surface area contributed by atoms with E-state index in [1.165, 1.54) is 0 Å². The van der Waals surface area contributed by atoms with Crippen molar-refractivity contribution in [1.82, 2.24) is 10.4 Å². The van der Waals surface area contributed by atoms with E-state index in [9.17, 15) is 9.59 Å². The molecule has 6 nitrogen and oxygen atoms in total. The van der Waals surface area contributed by atoms with Crippen molar-refractivity contribution in [1.29, 1.82) is 0 Å². The number of nitrogens with zero attached hydrogens (tertiary/aromatic N) is 1. The molecule has 1 aromatic rings. The van der Waals surface area contributed by atoms with Gasteiger partial charge in [-0.15, -0.1) is 0 Å². The van der Waals surface area contributed by atoms with Crippen LogP contribution in [0, 0.1) is 5.92 Å². The molecule has 1 aliphatic rings. The zero-order valence-corrected chi connectivity index (χ0v) is 12.4. The van der Waals surface area contributed by atoms with E-state index in [0.29, 0.717) is 24.5 Å². The van der Waals surface area contributed by atoms with E-state index in [4.69, 9.17) is 9.94 Å². The van der Waals surface area contributed by atoms with Gasteiger partial charge in [0.25, 0.3) is 5.91 Å². The Bertz CT molecular complexity index is 557. The Kier molecular flexibility index (Phi) is 4.47. The van der Waals surface area contributed by atoms with Crippen molar-refractivity contribution in [2.75, 3.05) is 6.61 Å².